The van der Waals surface area contributed by atoms with Crippen LogP contribution >= 0.6 is 15.9 Å². The molecule has 0 aromatic heterocycles. The van der Waals surface area contributed by atoms with Gasteiger partial charge in [-0.15, -0.1) is 0 Å². The minimum atomic E-state index is -0.991. The van der Waals surface area contributed by atoms with Crippen LogP contribution in [0.3, 0.4) is 0 Å². The zero-order valence-electron chi connectivity index (χ0n) is 8.85. The first-order chi connectivity index (χ1) is 7.65. The molecule has 0 saturated carbocycles. The van der Waals surface area contributed by atoms with Crippen molar-refractivity contribution in [2.75, 3.05) is 13.7 Å². The molecule has 6 heteroatoms. The van der Waals surface area contributed by atoms with E-state index in [0.717, 1.165) is 6.07 Å². The Hall–Kier alpha value is -0.880. The fraction of sp³-hybridized carbons (Fsp3) is 0.400. The van der Waals surface area contributed by atoms with Gasteiger partial charge in [0.25, 0.3) is 0 Å². The largest absolute Gasteiger partial charge is 0.493 e. The van der Waals surface area contributed by atoms with Crippen LogP contribution in [-0.4, -0.2) is 13.7 Å². The second-order valence-corrected chi connectivity index (χ2v) is 3.37. The lowest BCUT2D eigenvalue weighted by molar-refractivity contribution is -0.203. The Labute approximate surface area is 100 Å². The van der Waals surface area contributed by atoms with Crippen LogP contribution in [0.4, 0.5) is 8.78 Å². The van der Waals surface area contributed by atoms with Crippen molar-refractivity contribution >= 4 is 15.9 Å². The van der Waals surface area contributed by atoms with Crippen molar-refractivity contribution in [2.24, 2.45) is 0 Å². The Bertz CT molecular complexity index is 372. The minimum Gasteiger partial charge on any atom is -0.493 e. The third-order valence-electron chi connectivity index (χ3n) is 1.84. The highest BCUT2D eigenvalue weighted by Crippen LogP contribution is 2.36. The second kappa shape index (κ2) is 6.00. The lowest BCUT2D eigenvalue weighted by Gasteiger charge is -2.13. The molecule has 0 bridgehead atoms. The molecule has 0 radical (unpaired) electrons. The Morgan fingerprint density at radius 2 is 2.06 bits per heavy atom. The third kappa shape index (κ3) is 2.62. The molecular weight excluding hydrogens is 286 g/mol. The van der Waals surface area contributed by atoms with Gasteiger partial charge in [-0.25, -0.2) is 8.78 Å². The van der Waals surface area contributed by atoms with E-state index in [0.29, 0.717) is 0 Å². The van der Waals surface area contributed by atoms with Gasteiger partial charge in [0.2, 0.25) is 5.75 Å². The molecule has 0 N–H and O–H groups in total. The molecule has 3 nitrogen and oxygen atoms in total. The smallest absolute Gasteiger partial charge is 0.214 e. The van der Waals surface area contributed by atoms with E-state index in [2.05, 4.69) is 15.9 Å². The molecule has 0 aliphatic heterocycles. The Morgan fingerprint density at radius 1 is 1.38 bits per heavy atom. The molecule has 1 aromatic carbocycles. The van der Waals surface area contributed by atoms with Crippen molar-refractivity contribution in [2.45, 2.75) is 12.3 Å². The van der Waals surface area contributed by atoms with Crippen molar-refractivity contribution < 1.29 is 23.3 Å². The molecular formula is C10H11BrF2O3. The molecule has 1 rings (SSSR count). The monoisotopic (exact) mass is 296 g/mol. The summed E-state index contributed by atoms with van der Waals surface area (Å²) in [5.74, 6) is -1.84. The molecule has 0 aliphatic carbocycles. The molecule has 1 aromatic rings. The molecule has 0 amide bonds. The van der Waals surface area contributed by atoms with Crippen LogP contribution in [0.1, 0.15) is 12.5 Å². The topological polar surface area (TPSA) is 27.7 Å². The fourth-order valence-electron chi connectivity index (χ4n) is 1.12. The van der Waals surface area contributed by atoms with Gasteiger partial charge >= 0.3 is 0 Å². The van der Waals surface area contributed by atoms with Crippen LogP contribution in [0.25, 0.3) is 0 Å². The quantitative estimate of drug-likeness (QED) is 0.474. The average Bonchev–Trinajstić information content (AvgIpc) is 2.30. The van der Waals surface area contributed by atoms with Crippen molar-refractivity contribution in [1.82, 2.24) is 0 Å². The predicted molar refractivity (Wildman–Crippen MR) is 57.8 cm³/mol. The zero-order valence-corrected chi connectivity index (χ0v) is 10.4. The number of rotatable bonds is 5. The molecule has 0 spiro atoms. The van der Waals surface area contributed by atoms with Gasteiger partial charge < -0.3 is 9.62 Å². The number of hydrogen-bond donors (Lipinski definition) is 0. The van der Waals surface area contributed by atoms with Gasteiger partial charge in [0.1, 0.15) is 0 Å². The maximum atomic E-state index is 13.4. The number of benzene rings is 1. The summed E-state index contributed by atoms with van der Waals surface area (Å²) in [7, 11) is 1.34. The molecule has 90 valence electrons. The Morgan fingerprint density at radius 3 is 2.56 bits per heavy atom. The number of alkyl halides is 1. The highest BCUT2D eigenvalue weighted by atomic mass is 79.9. The van der Waals surface area contributed by atoms with Crippen LogP contribution in [0.2, 0.25) is 0 Å². The van der Waals surface area contributed by atoms with Crippen molar-refractivity contribution in [3.8, 4) is 11.5 Å². The van der Waals surface area contributed by atoms with E-state index in [9.17, 15) is 8.78 Å². The predicted octanol–water partition coefficient (Wildman–Crippen LogP) is 3.20. The first-order valence-corrected chi connectivity index (χ1v) is 5.68. The van der Waals surface area contributed by atoms with E-state index in [-0.39, 0.29) is 29.0 Å². The van der Waals surface area contributed by atoms with E-state index < -0.39 is 11.6 Å². The maximum Gasteiger partial charge on any atom is 0.214 e. The van der Waals surface area contributed by atoms with Crippen LogP contribution < -0.4 is 9.62 Å². The Kier molecular flexibility index (Phi) is 4.95. The first kappa shape index (κ1) is 13.2. The van der Waals surface area contributed by atoms with Crippen molar-refractivity contribution in [3.05, 3.63) is 23.3 Å². The van der Waals surface area contributed by atoms with Gasteiger partial charge in [0.15, 0.2) is 17.4 Å². The molecule has 0 unspecified atom stereocenters. The summed E-state index contributed by atoms with van der Waals surface area (Å²) >= 11 is 3.05. The van der Waals surface area contributed by atoms with Crippen LogP contribution in [0.15, 0.2) is 6.07 Å². The molecule has 0 fully saturated rings. The summed E-state index contributed by atoms with van der Waals surface area (Å²) in [6.07, 6.45) is 0. The number of halogens is 3. The lowest BCUT2D eigenvalue weighted by atomic mass is 10.2. The summed E-state index contributed by atoms with van der Waals surface area (Å²) in [5, 5.41) is 0.0926. The summed E-state index contributed by atoms with van der Waals surface area (Å²) in [5.41, 5.74) is 0.0188. The van der Waals surface area contributed by atoms with Gasteiger partial charge in [0.05, 0.1) is 19.3 Å². The number of ether oxygens (including phenoxy) is 1. The van der Waals surface area contributed by atoms with Crippen molar-refractivity contribution in [1.29, 1.82) is 0 Å². The number of hydrogen-bond acceptors (Lipinski definition) is 3. The molecule has 0 saturated heterocycles. The third-order valence-corrected chi connectivity index (χ3v) is 2.40. The first-order valence-electron chi connectivity index (χ1n) is 4.56. The SMILES string of the molecule is CCOOc1c(OC)cc(F)c(F)c1CBr. The van der Waals surface area contributed by atoms with E-state index in [4.69, 9.17) is 14.5 Å². The Balaban J connectivity index is 3.23. The van der Waals surface area contributed by atoms with Gasteiger partial charge in [-0.3, -0.25) is 0 Å². The standard InChI is InChI=1S/C10H11BrF2O3/c1-3-15-16-10-6(5-11)9(13)7(12)4-8(10)14-2/h4H,3,5H2,1-2H3. The molecule has 0 heterocycles. The van der Waals surface area contributed by atoms with E-state index >= 15 is 0 Å². The summed E-state index contributed by atoms with van der Waals surface area (Å²) in [6.45, 7) is 1.99. The summed E-state index contributed by atoms with van der Waals surface area (Å²) in [4.78, 5) is 9.58. The van der Waals surface area contributed by atoms with Gasteiger partial charge in [-0.05, 0) is 6.92 Å². The zero-order chi connectivity index (χ0) is 12.1. The maximum absolute atomic E-state index is 13.4. The van der Waals surface area contributed by atoms with E-state index in [1.165, 1.54) is 7.11 Å². The second-order valence-electron chi connectivity index (χ2n) is 2.81. The van der Waals surface area contributed by atoms with Gasteiger partial charge in [0, 0.05) is 11.4 Å². The van der Waals surface area contributed by atoms with Crippen LogP contribution in [-0.2, 0) is 10.2 Å². The highest BCUT2D eigenvalue weighted by molar-refractivity contribution is 9.08. The summed E-state index contributed by atoms with van der Waals surface area (Å²) < 4.78 is 31.4. The average molecular weight is 297 g/mol. The van der Waals surface area contributed by atoms with Crippen LogP contribution in [0.5, 0.6) is 11.5 Å². The number of methoxy groups -OCH3 is 1. The van der Waals surface area contributed by atoms with E-state index in [1.54, 1.807) is 6.92 Å². The summed E-state index contributed by atoms with van der Waals surface area (Å²) in [6, 6.07) is 0.913. The van der Waals surface area contributed by atoms with Crippen molar-refractivity contribution in [3.63, 3.8) is 0 Å². The molecule has 16 heavy (non-hydrogen) atoms. The lowest BCUT2D eigenvalue weighted by Crippen LogP contribution is -2.04. The molecule has 0 atom stereocenters. The normalized spacial score (nSPS) is 10.3. The van der Waals surface area contributed by atoms with Gasteiger partial charge in [-0.1, -0.05) is 15.9 Å². The highest BCUT2D eigenvalue weighted by Gasteiger charge is 2.20. The van der Waals surface area contributed by atoms with Crippen LogP contribution in [0, 0.1) is 11.6 Å². The minimum absolute atomic E-state index is 0.0188. The van der Waals surface area contributed by atoms with E-state index in [1.807, 2.05) is 0 Å². The molecule has 0 aliphatic rings. The van der Waals surface area contributed by atoms with Gasteiger partial charge in [-0.2, -0.15) is 4.89 Å². The fourth-order valence-corrected chi connectivity index (χ4v) is 1.62.